The fraction of sp³-hybridized carbons (Fsp3) is 0.875. The maximum absolute atomic E-state index is 10.7. The standard InChI is InChI=1S/C8H15BrO/c1-7(8(2)10)5-3-4-6-9/h7H,3-6H2,1-2H3/t7-/m1/s1. The molecule has 0 spiro atoms. The third kappa shape index (κ3) is 4.98. The number of unbranched alkanes of at least 4 members (excludes halogenated alkanes) is 1. The Bertz CT molecular complexity index is 101. The lowest BCUT2D eigenvalue weighted by Gasteiger charge is -2.04. The first-order valence-electron chi connectivity index (χ1n) is 3.75. The molecule has 0 aliphatic rings. The van der Waals surface area contributed by atoms with Crippen LogP contribution < -0.4 is 0 Å². The molecule has 2 heteroatoms. The van der Waals surface area contributed by atoms with Gasteiger partial charge < -0.3 is 0 Å². The van der Waals surface area contributed by atoms with E-state index in [0.717, 1.165) is 18.2 Å². The normalized spacial score (nSPS) is 13.1. The smallest absolute Gasteiger partial charge is 0.132 e. The summed E-state index contributed by atoms with van der Waals surface area (Å²) < 4.78 is 0. The molecule has 0 aliphatic heterocycles. The molecule has 0 aromatic carbocycles. The van der Waals surface area contributed by atoms with Gasteiger partial charge in [-0.05, 0) is 19.8 Å². The van der Waals surface area contributed by atoms with Crippen LogP contribution in [0.5, 0.6) is 0 Å². The number of carbonyl (C=O) groups is 1. The van der Waals surface area contributed by atoms with E-state index in [1.807, 2.05) is 6.92 Å². The maximum Gasteiger partial charge on any atom is 0.132 e. The van der Waals surface area contributed by atoms with E-state index in [4.69, 9.17) is 0 Å². The van der Waals surface area contributed by atoms with Gasteiger partial charge in [0.15, 0.2) is 0 Å². The number of ketones is 1. The molecule has 0 unspecified atom stereocenters. The SMILES string of the molecule is CC(=O)[C@H](C)CCCCBr. The molecule has 0 fully saturated rings. The molecule has 0 aromatic heterocycles. The molecule has 1 atom stereocenters. The van der Waals surface area contributed by atoms with Gasteiger partial charge in [0.25, 0.3) is 0 Å². The van der Waals surface area contributed by atoms with Crippen LogP contribution in [-0.2, 0) is 4.79 Å². The zero-order valence-electron chi connectivity index (χ0n) is 6.69. The molecule has 0 rings (SSSR count). The number of hydrogen-bond donors (Lipinski definition) is 0. The highest BCUT2D eigenvalue weighted by molar-refractivity contribution is 9.09. The first-order valence-corrected chi connectivity index (χ1v) is 4.87. The van der Waals surface area contributed by atoms with E-state index in [1.54, 1.807) is 6.92 Å². The van der Waals surface area contributed by atoms with Gasteiger partial charge in [-0.2, -0.15) is 0 Å². The van der Waals surface area contributed by atoms with E-state index in [1.165, 1.54) is 6.42 Å². The molecule has 0 heterocycles. The maximum atomic E-state index is 10.7. The number of alkyl halides is 1. The summed E-state index contributed by atoms with van der Waals surface area (Å²) in [6.45, 7) is 3.66. The van der Waals surface area contributed by atoms with Crippen LogP contribution >= 0.6 is 15.9 Å². The second-order valence-electron chi connectivity index (χ2n) is 2.70. The Morgan fingerprint density at radius 1 is 1.50 bits per heavy atom. The summed E-state index contributed by atoms with van der Waals surface area (Å²) in [5.74, 6) is 0.577. The molecule has 0 amide bonds. The summed E-state index contributed by atoms with van der Waals surface area (Å²) >= 11 is 3.35. The van der Waals surface area contributed by atoms with Gasteiger partial charge >= 0.3 is 0 Å². The van der Waals surface area contributed by atoms with Crippen molar-refractivity contribution < 1.29 is 4.79 Å². The van der Waals surface area contributed by atoms with Crippen LogP contribution in [0.3, 0.4) is 0 Å². The van der Waals surface area contributed by atoms with Crippen LogP contribution in [0.4, 0.5) is 0 Å². The molecular weight excluding hydrogens is 192 g/mol. The minimum absolute atomic E-state index is 0.263. The van der Waals surface area contributed by atoms with Crippen molar-refractivity contribution in [2.24, 2.45) is 5.92 Å². The summed E-state index contributed by atoms with van der Waals surface area (Å²) in [4.78, 5) is 10.7. The van der Waals surface area contributed by atoms with E-state index >= 15 is 0 Å². The summed E-state index contributed by atoms with van der Waals surface area (Å²) in [7, 11) is 0. The van der Waals surface area contributed by atoms with E-state index in [0.29, 0.717) is 5.78 Å². The van der Waals surface area contributed by atoms with Gasteiger partial charge in [0.1, 0.15) is 5.78 Å². The number of carbonyl (C=O) groups excluding carboxylic acids is 1. The Labute approximate surface area is 71.3 Å². The lowest BCUT2D eigenvalue weighted by molar-refractivity contribution is -0.120. The number of halogens is 1. The van der Waals surface area contributed by atoms with Gasteiger partial charge in [0, 0.05) is 11.2 Å². The number of hydrogen-bond acceptors (Lipinski definition) is 1. The van der Waals surface area contributed by atoms with Crippen LogP contribution in [0.1, 0.15) is 33.1 Å². The molecule has 1 nitrogen and oxygen atoms in total. The van der Waals surface area contributed by atoms with Crippen molar-refractivity contribution >= 4 is 21.7 Å². The van der Waals surface area contributed by atoms with Crippen molar-refractivity contribution in [3.8, 4) is 0 Å². The predicted molar refractivity (Wildman–Crippen MR) is 47.5 cm³/mol. The highest BCUT2D eigenvalue weighted by Gasteiger charge is 2.05. The van der Waals surface area contributed by atoms with Gasteiger partial charge in [0.05, 0.1) is 0 Å². The monoisotopic (exact) mass is 206 g/mol. The summed E-state index contributed by atoms with van der Waals surface area (Å²) in [5.41, 5.74) is 0. The Hall–Kier alpha value is 0.150. The van der Waals surface area contributed by atoms with E-state index in [2.05, 4.69) is 15.9 Å². The van der Waals surface area contributed by atoms with Gasteiger partial charge in [-0.15, -0.1) is 0 Å². The lowest BCUT2D eigenvalue weighted by atomic mass is 10.0. The Morgan fingerprint density at radius 3 is 2.50 bits per heavy atom. The number of rotatable bonds is 5. The average molecular weight is 207 g/mol. The summed E-state index contributed by atoms with van der Waals surface area (Å²) in [5, 5.41) is 1.05. The van der Waals surface area contributed by atoms with E-state index < -0.39 is 0 Å². The quantitative estimate of drug-likeness (QED) is 0.500. The molecule has 0 saturated carbocycles. The molecule has 0 aromatic rings. The van der Waals surface area contributed by atoms with Crippen molar-refractivity contribution in [2.75, 3.05) is 5.33 Å². The Balaban J connectivity index is 3.21. The molecule has 60 valence electrons. The third-order valence-electron chi connectivity index (χ3n) is 1.71. The highest BCUT2D eigenvalue weighted by atomic mass is 79.9. The fourth-order valence-electron chi connectivity index (χ4n) is 0.748. The van der Waals surface area contributed by atoms with Crippen molar-refractivity contribution in [3.63, 3.8) is 0 Å². The summed E-state index contributed by atoms with van der Waals surface area (Å²) in [6.07, 6.45) is 3.38. The molecule has 0 aliphatic carbocycles. The molecular formula is C8H15BrO. The zero-order chi connectivity index (χ0) is 7.98. The molecule has 0 saturated heterocycles. The van der Waals surface area contributed by atoms with Crippen LogP contribution in [0.25, 0.3) is 0 Å². The third-order valence-corrected chi connectivity index (χ3v) is 2.28. The highest BCUT2D eigenvalue weighted by Crippen LogP contribution is 2.09. The van der Waals surface area contributed by atoms with Crippen LogP contribution in [-0.4, -0.2) is 11.1 Å². The zero-order valence-corrected chi connectivity index (χ0v) is 8.28. The second-order valence-corrected chi connectivity index (χ2v) is 3.49. The molecule has 0 N–H and O–H groups in total. The Morgan fingerprint density at radius 2 is 2.10 bits per heavy atom. The first kappa shape index (κ1) is 10.2. The van der Waals surface area contributed by atoms with Gasteiger partial charge in [-0.3, -0.25) is 4.79 Å². The van der Waals surface area contributed by atoms with E-state index in [-0.39, 0.29) is 5.92 Å². The van der Waals surface area contributed by atoms with Crippen molar-refractivity contribution in [1.82, 2.24) is 0 Å². The largest absolute Gasteiger partial charge is 0.300 e. The van der Waals surface area contributed by atoms with Gasteiger partial charge in [-0.25, -0.2) is 0 Å². The average Bonchev–Trinajstić information content (AvgIpc) is 1.88. The fourth-order valence-corrected chi connectivity index (χ4v) is 1.14. The van der Waals surface area contributed by atoms with Crippen LogP contribution in [0.15, 0.2) is 0 Å². The minimum atomic E-state index is 0.263. The van der Waals surface area contributed by atoms with Crippen molar-refractivity contribution in [3.05, 3.63) is 0 Å². The van der Waals surface area contributed by atoms with Crippen molar-refractivity contribution in [2.45, 2.75) is 33.1 Å². The van der Waals surface area contributed by atoms with Crippen LogP contribution in [0, 0.1) is 5.92 Å². The summed E-state index contributed by atoms with van der Waals surface area (Å²) in [6, 6.07) is 0. The lowest BCUT2D eigenvalue weighted by Crippen LogP contribution is -2.05. The molecule has 0 bridgehead atoms. The Kier molecular flexibility index (Phi) is 5.99. The topological polar surface area (TPSA) is 17.1 Å². The first-order chi connectivity index (χ1) is 4.68. The predicted octanol–water partition coefficient (Wildman–Crippen LogP) is 2.78. The molecule has 10 heavy (non-hydrogen) atoms. The van der Waals surface area contributed by atoms with Crippen LogP contribution in [0.2, 0.25) is 0 Å². The van der Waals surface area contributed by atoms with Crippen molar-refractivity contribution in [1.29, 1.82) is 0 Å². The minimum Gasteiger partial charge on any atom is -0.300 e. The number of Topliss-reactive ketones (excluding diaryl/α,β-unsaturated/α-hetero) is 1. The molecule has 0 radical (unpaired) electrons. The van der Waals surface area contributed by atoms with Gasteiger partial charge in [-0.1, -0.05) is 29.3 Å². The second kappa shape index (κ2) is 5.90. The van der Waals surface area contributed by atoms with E-state index in [9.17, 15) is 4.79 Å². The van der Waals surface area contributed by atoms with Gasteiger partial charge in [0.2, 0.25) is 0 Å².